The first-order chi connectivity index (χ1) is 11.2. The molecule has 1 aromatic carbocycles. The molecule has 2 atom stereocenters. The summed E-state index contributed by atoms with van der Waals surface area (Å²) >= 11 is 0. The van der Waals surface area contributed by atoms with Crippen LogP contribution in [0.15, 0.2) is 30.6 Å². The van der Waals surface area contributed by atoms with Gasteiger partial charge in [-0.25, -0.2) is 4.68 Å². The molecule has 0 aliphatic heterocycles. The van der Waals surface area contributed by atoms with Crippen molar-refractivity contribution in [1.29, 1.82) is 0 Å². The van der Waals surface area contributed by atoms with E-state index < -0.39 is 0 Å². The molecule has 7 nitrogen and oxygen atoms in total. The number of carbonyl (C=O) groups is 1. The largest absolute Gasteiger partial charge is 0.484 e. The van der Waals surface area contributed by atoms with Gasteiger partial charge in [-0.3, -0.25) is 4.79 Å². The molecular weight excluding hydrogens is 294 g/mol. The van der Waals surface area contributed by atoms with Crippen LogP contribution >= 0.6 is 0 Å². The summed E-state index contributed by atoms with van der Waals surface area (Å²) in [6, 6.07) is 7.56. The molecule has 1 heterocycles. The Bertz CT molecular complexity index is 626. The van der Waals surface area contributed by atoms with Crippen LogP contribution in [0.3, 0.4) is 0 Å². The zero-order valence-electron chi connectivity index (χ0n) is 13.2. The third kappa shape index (κ3) is 4.06. The Morgan fingerprint density at radius 2 is 2.09 bits per heavy atom. The number of tetrazole rings is 1. The minimum absolute atomic E-state index is 0.0352. The predicted octanol–water partition coefficient (Wildman–Crippen LogP) is 1.74. The number of rotatable bonds is 5. The molecule has 3 rings (SSSR count). The predicted molar refractivity (Wildman–Crippen MR) is 84.2 cm³/mol. The van der Waals surface area contributed by atoms with Gasteiger partial charge in [0.05, 0.1) is 5.69 Å². The van der Waals surface area contributed by atoms with E-state index in [4.69, 9.17) is 4.74 Å². The lowest BCUT2D eigenvalue weighted by molar-refractivity contribution is -0.124. The molecule has 0 unspecified atom stereocenters. The van der Waals surface area contributed by atoms with Crippen molar-refractivity contribution in [3.8, 4) is 11.4 Å². The van der Waals surface area contributed by atoms with Crippen molar-refractivity contribution in [2.75, 3.05) is 6.61 Å². The highest BCUT2D eigenvalue weighted by molar-refractivity contribution is 5.77. The average molecular weight is 315 g/mol. The molecular formula is C16H21N5O2. The number of nitrogens with one attached hydrogen (secondary N) is 1. The quantitative estimate of drug-likeness (QED) is 0.909. The number of amides is 1. The molecule has 0 radical (unpaired) electrons. The SMILES string of the molecule is C[C@H]1CCCC[C@@H]1NC(=O)COc1ccc(-n2cnnn2)cc1. The van der Waals surface area contributed by atoms with E-state index >= 15 is 0 Å². The van der Waals surface area contributed by atoms with E-state index in [1.807, 2.05) is 12.1 Å². The number of ether oxygens (including phenoxy) is 1. The molecule has 2 aromatic rings. The minimum Gasteiger partial charge on any atom is -0.484 e. The van der Waals surface area contributed by atoms with Crippen molar-refractivity contribution in [3.05, 3.63) is 30.6 Å². The number of benzene rings is 1. The third-order valence-electron chi connectivity index (χ3n) is 4.28. The highest BCUT2D eigenvalue weighted by atomic mass is 16.5. The maximum absolute atomic E-state index is 12.0. The van der Waals surface area contributed by atoms with Crippen LogP contribution in [0.4, 0.5) is 0 Å². The molecule has 7 heteroatoms. The number of hydrogen-bond acceptors (Lipinski definition) is 5. The van der Waals surface area contributed by atoms with Crippen molar-refractivity contribution >= 4 is 5.91 Å². The second kappa shape index (κ2) is 7.21. The summed E-state index contributed by atoms with van der Waals surface area (Å²) in [5, 5.41) is 14.1. The number of aromatic nitrogens is 4. The molecule has 23 heavy (non-hydrogen) atoms. The first-order valence-electron chi connectivity index (χ1n) is 7.98. The Morgan fingerprint density at radius 1 is 1.30 bits per heavy atom. The molecule has 1 fully saturated rings. The zero-order chi connectivity index (χ0) is 16.1. The van der Waals surface area contributed by atoms with Gasteiger partial charge in [0.1, 0.15) is 12.1 Å². The van der Waals surface area contributed by atoms with Gasteiger partial charge < -0.3 is 10.1 Å². The second-order valence-electron chi connectivity index (χ2n) is 5.97. The fourth-order valence-electron chi connectivity index (χ4n) is 2.90. The van der Waals surface area contributed by atoms with Gasteiger partial charge in [-0.15, -0.1) is 5.10 Å². The molecule has 0 spiro atoms. The lowest BCUT2D eigenvalue weighted by Gasteiger charge is -2.29. The highest BCUT2D eigenvalue weighted by Crippen LogP contribution is 2.23. The summed E-state index contributed by atoms with van der Waals surface area (Å²) in [4.78, 5) is 12.0. The molecule has 1 saturated carbocycles. The van der Waals surface area contributed by atoms with E-state index in [9.17, 15) is 4.79 Å². The normalized spacial score (nSPS) is 20.9. The van der Waals surface area contributed by atoms with Crippen LogP contribution in [0.5, 0.6) is 5.75 Å². The van der Waals surface area contributed by atoms with E-state index in [-0.39, 0.29) is 18.6 Å². The molecule has 1 amide bonds. The summed E-state index contributed by atoms with van der Waals surface area (Å²) in [5.74, 6) is 1.13. The van der Waals surface area contributed by atoms with Gasteiger partial charge in [0.15, 0.2) is 6.61 Å². The van der Waals surface area contributed by atoms with E-state index in [0.29, 0.717) is 11.7 Å². The fourth-order valence-corrected chi connectivity index (χ4v) is 2.90. The summed E-state index contributed by atoms with van der Waals surface area (Å²) in [7, 11) is 0. The monoisotopic (exact) mass is 315 g/mol. The molecule has 1 aliphatic rings. The first kappa shape index (κ1) is 15.5. The van der Waals surface area contributed by atoms with Crippen LogP contribution in [-0.2, 0) is 4.79 Å². The van der Waals surface area contributed by atoms with Gasteiger partial charge >= 0.3 is 0 Å². The summed E-state index contributed by atoms with van der Waals surface area (Å²) in [6.07, 6.45) is 6.22. The van der Waals surface area contributed by atoms with E-state index in [1.165, 1.54) is 25.6 Å². The van der Waals surface area contributed by atoms with Crippen molar-refractivity contribution in [2.45, 2.75) is 38.6 Å². The number of nitrogens with zero attached hydrogens (tertiary/aromatic N) is 4. The minimum atomic E-state index is -0.0618. The highest BCUT2D eigenvalue weighted by Gasteiger charge is 2.22. The van der Waals surface area contributed by atoms with Gasteiger partial charge in [0, 0.05) is 6.04 Å². The Morgan fingerprint density at radius 3 is 2.78 bits per heavy atom. The van der Waals surface area contributed by atoms with Gasteiger partial charge in [-0.05, 0) is 53.5 Å². The smallest absolute Gasteiger partial charge is 0.258 e. The second-order valence-corrected chi connectivity index (χ2v) is 5.97. The molecule has 0 bridgehead atoms. The topological polar surface area (TPSA) is 81.9 Å². The van der Waals surface area contributed by atoms with Crippen molar-refractivity contribution < 1.29 is 9.53 Å². The Hall–Kier alpha value is -2.44. The van der Waals surface area contributed by atoms with Crippen LogP contribution in [0, 0.1) is 5.92 Å². The van der Waals surface area contributed by atoms with Crippen LogP contribution in [0.1, 0.15) is 32.6 Å². The third-order valence-corrected chi connectivity index (χ3v) is 4.28. The Labute approximate surface area is 135 Å². The van der Waals surface area contributed by atoms with Crippen LogP contribution < -0.4 is 10.1 Å². The van der Waals surface area contributed by atoms with E-state index in [2.05, 4.69) is 27.8 Å². The zero-order valence-corrected chi connectivity index (χ0v) is 13.2. The summed E-state index contributed by atoms with van der Waals surface area (Å²) in [6.45, 7) is 2.23. The van der Waals surface area contributed by atoms with Crippen LogP contribution in [0.2, 0.25) is 0 Å². The van der Waals surface area contributed by atoms with Gasteiger partial charge in [0.25, 0.3) is 5.91 Å². The van der Waals surface area contributed by atoms with Crippen LogP contribution in [0.25, 0.3) is 5.69 Å². The maximum Gasteiger partial charge on any atom is 0.258 e. The van der Waals surface area contributed by atoms with Gasteiger partial charge in [0.2, 0.25) is 0 Å². The Balaban J connectivity index is 1.49. The average Bonchev–Trinajstić information content (AvgIpc) is 3.10. The maximum atomic E-state index is 12.0. The molecule has 1 aliphatic carbocycles. The fraction of sp³-hybridized carbons (Fsp3) is 0.500. The molecule has 1 aromatic heterocycles. The molecule has 1 N–H and O–H groups in total. The first-order valence-corrected chi connectivity index (χ1v) is 7.98. The van der Waals surface area contributed by atoms with Gasteiger partial charge in [-0.2, -0.15) is 0 Å². The van der Waals surface area contributed by atoms with Crippen molar-refractivity contribution in [3.63, 3.8) is 0 Å². The van der Waals surface area contributed by atoms with Crippen LogP contribution in [-0.4, -0.2) is 38.8 Å². The van der Waals surface area contributed by atoms with E-state index in [1.54, 1.807) is 16.8 Å². The summed E-state index contributed by atoms with van der Waals surface area (Å²) in [5.41, 5.74) is 0.836. The number of hydrogen-bond donors (Lipinski definition) is 1. The van der Waals surface area contributed by atoms with E-state index in [0.717, 1.165) is 12.1 Å². The lowest BCUT2D eigenvalue weighted by atomic mass is 9.86. The molecule has 0 saturated heterocycles. The van der Waals surface area contributed by atoms with Gasteiger partial charge in [-0.1, -0.05) is 19.8 Å². The number of carbonyl (C=O) groups excluding carboxylic acids is 1. The standard InChI is InChI=1S/C16H21N5O2/c1-12-4-2-3-5-15(12)18-16(22)10-23-14-8-6-13(7-9-14)21-11-17-19-20-21/h6-9,11-12,15H,2-5,10H2,1H3,(H,18,22)/t12-,15-/m0/s1. The summed E-state index contributed by atoms with van der Waals surface area (Å²) < 4.78 is 7.10. The lowest BCUT2D eigenvalue weighted by Crippen LogP contribution is -2.43. The molecule has 122 valence electrons. The van der Waals surface area contributed by atoms with Crippen molar-refractivity contribution in [2.24, 2.45) is 5.92 Å². The Kier molecular flexibility index (Phi) is 4.85. The van der Waals surface area contributed by atoms with Crippen molar-refractivity contribution in [1.82, 2.24) is 25.5 Å².